The largest absolute Gasteiger partial charge is 0.497 e. The van der Waals surface area contributed by atoms with E-state index in [1.54, 1.807) is 47.1 Å². The van der Waals surface area contributed by atoms with Crippen LogP contribution in [0.25, 0.3) is 0 Å². The number of hydrogen-bond donors (Lipinski definition) is 1. The zero-order valence-electron chi connectivity index (χ0n) is 18.1. The third-order valence-electron chi connectivity index (χ3n) is 4.70. The zero-order chi connectivity index (χ0) is 21.9. The summed E-state index contributed by atoms with van der Waals surface area (Å²) in [6.45, 7) is 9.17. The second-order valence-electron chi connectivity index (χ2n) is 8.36. The Morgan fingerprint density at radius 2 is 1.86 bits per heavy atom. The minimum atomic E-state index is -1.13. The number of carbonyl (C=O) groups excluding carboxylic acids is 1. The van der Waals surface area contributed by atoms with Crippen molar-refractivity contribution >= 4 is 12.1 Å². The quantitative estimate of drug-likeness (QED) is 0.768. The van der Waals surface area contributed by atoms with E-state index >= 15 is 0 Å². The smallest absolute Gasteiger partial charge is 0.412 e. The van der Waals surface area contributed by atoms with Gasteiger partial charge in [-0.1, -0.05) is 19.9 Å². The van der Waals surface area contributed by atoms with Gasteiger partial charge in [0.25, 0.3) is 0 Å². The maximum atomic E-state index is 12.8. The van der Waals surface area contributed by atoms with E-state index in [1.807, 2.05) is 19.9 Å². The highest BCUT2D eigenvalue weighted by Crippen LogP contribution is 2.41. The summed E-state index contributed by atoms with van der Waals surface area (Å²) in [5.41, 5.74) is 0.0848. The molecule has 1 aliphatic heterocycles. The summed E-state index contributed by atoms with van der Waals surface area (Å²) in [5, 5.41) is 9.48. The van der Waals surface area contributed by atoms with Crippen molar-refractivity contribution < 1.29 is 33.6 Å². The molecule has 0 saturated carbocycles. The SMILES string of the molecule is COc1ccc(C(C(C)C)C2O[C@@H](C(=O)O)CN2C(=O)OC(C)(C)C)c(OC)c1. The normalized spacial score (nSPS) is 20.5. The molecule has 1 aromatic rings. The molecule has 8 heteroatoms. The highest BCUT2D eigenvalue weighted by Gasteiger charge is 2.47. The van der Waals surface area contributed by atoms with E-state index in [2.05, 4.69) is 0 Å². The molecule has 2 rings (SSSR count). The van der Waals surface area contributed by atoms with Crippen molar-refractivity contribution in [3.8, 4) is 11.5 Å². The van der Waals surface area contributed by atoms with E-state index in [-0.39, 0.29) is 18.4 Å². The van der Waals surface area contributed by atoms with E-state index in [9.17, 15) is 14.7 Å². The average Bonchev–Trinajstić information content (AvgIpc) is 3.05. The Morgan fingerprint density at radius 3 is 2.34 bits per heavy atom. The van der Waals surface area contributed by atoms with Crippen LogP contribution in [0, 0.1) is 5.92 Å². The molecule has 3 atom stereocenters. The first-order chi connectivity index (χ1) is 13.5. The summed E-state index contributed by atoms with van der Waals surface area (Å²) in [5.74, 6) is -0.236. The molecule has 0 radical (unpaired) electrons. The molecule has 162 valence electrons. The maximum absolute atomic E-state index is 12.8. The van der Waals surface area contributed by atoms with Gasteiger partial charge in [-0.15, -0.1) is 0 Å². The minimum Gasteiger partial charge on any atom is -0.497 e. The molecule has 29 heavy (non-hydrogen) atoms. The number of amides is 1. The fraction of sp³-hybridized carbons (Fsp3) is 0.619. The number of hydrogen-bond acceptors (Lipinski definition) is 6. The van der Waals surface area contributed by atoms with Gasteiger partial charge in [0, 0.05) is 17.5 Å². The molecule has 1 fully saturated rings. The summed E-state index contributed by atoms with van der Waals surface area (Å²) in [4.78, 5) is 25.8. The zero-order valence-corrected chi connectivity index (χ0v) is 18.1. The number of carboxylic acids is 1. The van der Waals surface area contributed by atoms with Gasteiger partial charge in [0.1, 0.15) is 23.3 Å². The van der Waals surface area contributed by atoms with Gasteiger partial charge < -0.3 is 24.1 Å². The van der Waals surface area contributed by atoms with Crippen molar-refractivity contribution in [2.24, 2.45) is 5.92 Å². The molecule has 2 unspecified atom stereocenters. The maximum Gasteiger partial charge on any atom is 0.412 e. The van der Waals surface area contributed by atoms with E-state index in [1.165, 1.54) is 4.90 Å². The van der Waals surface area contributed by atoms with Gasteiger partial charge in [-0.25, -0.2) is 9.59 Å². The number of ether oxygens (including phenoxy) is 4. The monoisotopic (exact) mass is 409 g/mol. The average molecular weight is 409 g/mol. The molecular weight excluding hydrogens is 378 g/mol. The Kier molecular flexibility index (Phi) is 7.00. The first-order valence-electron chi connectivity index (χ1n) is 9.58. The second-order valence-corrected chi connectivity index (χ2v) is 8.36. The number of rotatable bonds is 6. The first kappa shape index (κ1) is 22.8. The number of carboxylic acid groups (broad SMARTS) is 1. The van der Waals surface area contributed by atoms with Crippen LogP contribution in [0.2, 0.25) is 0 Å². The fourth-order valence-corrected chi connectivity index (χ4v) is 3.42. The lowest BCUT2D eigenvalue weighted by atomic mass is 9.85. The van der Waals surface area contributed by atoms with Crippen molar-refractivity contribution in [3.05, 3.63) is 23.8 Å². The Morgan fingerprint density at radius 1 is 1.21 bits per heavy atom. The molecule has 0 spiro atoms. The van der Waals surface area contributed by atoms with Gasteiger partial charge in [0.15, 0.2) is 6.10 Å². The third kappa shape index (κ3) is 5.32. The molecule has 1 aromatic carbocycles. The Hall–Kier alpha value is -2.48. The lowest BCUT2D eigenvalue weighted by Crippen LogP contribution is -2.44. The molecule has 1 N–H and O–H groups in total. The Balaban J connectivity index is 2.48. The Labute approximate surface area is 171 Å². The molecule has 1 saturated heterocycles. The van der Waals surface area contributed by atoms with Crippen LogP contribution in [0.3, 0.4) is 0 Å². The van der Waals surface area contributed by atoms with Gasteiger partial charge in [0.05, 0.1) is 20.8 Å². The molecule has 0 aromatic heterocycles. The first-order valence-corrected chi connectivity index (χ1v) is 9.58. The molecule has 1 heterocycles. The number of benzene rings is 1. The Bertz CT molecular complexity index is 741. The number of nitrogens with zero attached hydrogens (tertiary/aromatic N) is 1. The van der Waals surface area contributed by atoms with E-state index in [0.29, 0.717) is 11.5 Å². The number of carbonyl (C=O) groups is 2. The van der Waals surface area contributed by atoms with Crippen molar-refractivity contribution in [2.75, 3.05) is 20.8 Å². The van der Waals surface area contributed by atoms with E-state index < -0.39 is 30.0 Å². The highest BCUT2D eigenvalue weighted by atomic mass is 16.6. The van der Waals surface area contributed by atoms with Gasteiger partial charge in [0.2, 0.25) is 0 Å². The molecule has 0 aliphatic carbocycles. The van der Waals surface area contributed by atoms with Crippen LogP contribution >= 0.6 is 0 Å². The molecule has 1 aliphatic rings. The van der Waals surface area contributed by atoms with Crippen LogP contribution in [0.4, 0.5) is 4.79 Å². The van der Waals surface area contributed by atoms with Crippen molar-refractivity contribution in [2.45, 2.75) is 58.5 Å². The summed E-state index contributed by atoms with van der Waals surface area (Å²) < 4.78 is 22.2. The lowest BCUT2D eigenvalue weighted by Gasteiger charge is -2.34. The van der Waals surface area contributed by atoms with Crippen molar-refractivity contribution in [1.82, 2.24) is 4.90 Å². The lowest BCUT2D eigenvalue weighted by molar-refractivity contribution is -0.150. The molecular formula is C21H31NO7. The predicted octanol–water partition coefficient (Wildman–Crippen LogP) is 3.49. The number of aliphatic carboxylic acids is 1. The van der Waals surface area contributed by atoms with Gasteiger partial charge >= 0.3 is 12.1 Å². The van der Waals surface area contributed by atoms with Crippen LogP contribution < -0.4 is 9.47 Å². The molecule has 1 amide bonds. The van der Waals surface area contributed by atoms with Crippen LogP contribution in [0.5, 0.6) is 11.5 Å². The van der Waals surface area contributed by atoms with Crippen molar-refractivity contribution in [3.63, 3.8) is 0 Å². The second kappa shape index (κ2) is 8.90. The molecule has 0 bridgehead atoms. The highest BCUT2D eigenvalue weighted by molar-refractivity contribution is 5.76. The van der Waals surface area contributed by atoms with Crippen LogP contribution in [0.1, 0.15) is 46.1 Å². The predicted molar refractivity (Wildman–Crippen MR) is 106 cm³/mol. The van der Waals surface area contributed by atoms with Crippen LogP contribution in [-0.2, 0) is 14.3 Å². The summed E-state index contributed by atoms with van der Waals surface area (Å²) >= 11 is 0. The van der Waals surface area contributed by atoms with Gasteiger partial charge in [-0.2, -0.15) is 0 Å². The number of methoxy groups -OCH3 is 2. The van der Waals surface area contributed by atoms with Crippen LogP contribution in [0.15, 0.2) is 18.2 Å². The minimum absolute atomic E-state index is 0.0137. The van der Waals surface area contributed by atoms with Crippen molar-refractivity contribution in [1.29, 1.82) is 0 Å². The standard InChI is InChI=1S/C21H31NO7/c1-12(2)17(14-9-8-13(26-6)10-15(14)27-7)18-22(11-16(28-18)19(23)24)20(25)29-21(3,4)5/h8-10,12,16-18H,11H2,1-7H3,(H,23,24)/t16-,17?,18?/m1/s1. The third-order valence-corrected chi connectivity index (χ3v) is 4.70. The van der Waals surface area contributed by atoms with Gasteiger partial charge in [-0.05, 0) is 32.8 Å². The molecule has 8 nitrogen and oxygen atoms in total. The fourth-order valence-electron chi connectivity index (χ4n) is 3.42. The van der Waals surface area contributed by atoms with Gasteiger partial charge in [-0.3, -0.25) is 4.90 Å². The summed E-state index contributed by atoms with van der Waals surface area (Å²) in [6, 6.07) is 5.41. The van der Waals surface area contributed by atoms with E-state index in [4.69, 9.17) is 18.9 Å². The van der Waals surface area contributed by atoms with E-state index in [0.717, 1.165) is 5.56 Å². The summed E-state index contributed by atoms with van der Waals surface area (Å²) in [6.07, 6.45) is -2.55. The summed E-state index contributed by atoms with van der Waals surface area (Å²) in [7, 11) is 3.12. The van der Waals surface area contributed by atoms with Crippen LogP contribution in [-0.4, -0.2) is 60.8 Å². The topological polar surface area (TPSA) is 94.5 Å².